The molecule has 0 spiro atoms. The Morgan fingerprint density at radius 1 is 1.22 bits per heavy atom. The summed E-state index contributed by atoms with van der Waals surface area (Å²) in [7, 11) is 0. The van der Waals surface area contributed by atoms with Gasteiger partial charge in [-0.1, -0.05) is 27.7 Å². The smallest absolute Gasteiger partial charge is 0.237 e. The minimum atomic E-state index is -0.454. The van der Waals surface area contributed by atoms with Gasteiger partial charge in [0.25, 0.3) is 0 Å². The van der Waals surface area contributed by atoms with Gasteiger partial charge in [-0.25, -0.2) is 0 Å². The Morgan fingerprint density at radius 3 is 2.28 bits per heavy atom. The molecule has 106 valence electrons. The first-order valence-electron chi connectivity index (χ1n) is 6.62. The van der Waals surface area contributed by atoms with Crippen LogP contribution >= 0.6 is 0 Å². The van der Waals surface area contributed by atoms with Crippen LogP contribution in [0.2, 0.25) is 0 Å². The third-order valence-corrected chi connectivity index (χ3v) is 2.40. The number of primary amides is 1. The van der Waals surface area contributed by atoms with Gasteiger partial charge in [0, 0.05) is 19.0 Å². The van der Waals surface area contributed by atoms with Gasteiger partial charge in [-0.05, 0) is 18.9 Å². The second-order valence-corrected chi connectivity index (χ2v) is 5.35. The molecule has 18 heavy (non-hydrogen) atoms. The van der Waals surface area contributed by atoms with Crippen molar-refractivity contribution in [3.8, 4) is 0 Å². The average Bonchev–Trinajstić information content (AvgIpc) is 2.21. The molecule has 0 aliphatic carbocycles. The Labute approximate surface area is 110 Å². The Kier molecular flexibility index (Phi) is 8.37. The maximum atomic E-state index is 11.9. The van der Waals surface area contributed by atoms with Crippen LogP contribution in [0.25, 0.3) is 0 Å². The SMILES string of the molecule is CC(C)CN(CC(N)=O)C(=O)CCCNC(C)C. The maximum Gasteiger partial charge on any atom is 0.237 e. The molecule has 3 N–H and O–H groups in total. The van der Waals surface area contributed by atoms with Gasteiger partial charge in [-0.3, -0.25) is 9.59 Å². The van der Waals surface area contributed by atoms with Gasteiger partial charge >= 0.3 is 0 Å². The highest BCUT2D eigenvalue weighted by molar-refractivity contribution is 5.83. The third kappa shape index (κ3) is 8.98. The molecular weight excluding hydrogens is 230 g/mol. The van der Waals surface area contributed by atoms with E-state index in [1.54, 1.807) is 4.90 Å². The Bertz CT molecular complexity index is 265. The molecule has 0 aliphatic heterocycles. The molecule has 0 aromatic carbocycles. The van der Waals surface area contributed by atoms with E-state index in [1.165, 1.54) is 0 Å². The van der Waals surface area contributed by atoms with E-state index in [2.05, 4.69) is 19.2 Å². The van der Waals surface area contributed by atoms with E-state index in [-0.39, 0.29) is 12.5 Å². The zero-order valence-electron chi connectivity index (χ0n) is 12.0. The molecule has 5 heteroatoms. The maximum absolute atomic E-state index is 11.9. The number of rotatable bonds is 9. The molecule has 0 unspecified atom stereocenters. The second-order valence-electron chi connectivity index (χ2n) is 5.35. The molecule has 0 saturated carbocycles. The molecule has 0 atom stereocenters. The number of nitrogens with one attached hydrogen (secondary N) is 1. The Morgan fingerprint density at radius 2 is 1.83 bits per heavy atom. The van der Waals surface area contributed by atoms with Crippen molar-refractivity contribution in [3.63, 3.8) is 0 Å². The van der Waals surface area contributed by atoms with Crippen LogP contribution in [-0.2, 0) is 9.59 Å². The number of nitrogens with zero attached hydrogens (tertiary/aromatic N) is 1. The Balaban J connectivity index is 4.08. The summed E-state index contributed by atoms with van der Waals surface area (Å²) < 4.78 is 0. The van der Waals surface area contributed by atoms with Gasteiger partial charge in [0.05, 0.1) is 6.54 Å². The fourth-order valence-electron chi connectivity index (χ4n) is 1.67. The lowest BCUT2D eigenvalue weighted by Crippen LogP contribution is -2.40. The van der Waals surface area contributed by atoms with E-state index in [9.17, 15) is 9.59 Å². The molecule has 0 aromatic rings. The molecule has 0 aromatic heterocycles. The number of nitrogens with two attached hydrogens (primary N) is 1. The number of hydrogen-bond donors (Lipinski definition) is 2. The minimum Gasteiger partial charge on any atom is -0.368 e. The highest BCUT2D eigenvalue weighted by atomic mass is 16.2. The van der Waals surface area contributed by atoms with E-state index in [0.717, 1.165) is 13.0 Å². The molecule has 0 bridgehead atoms. The van der Waals surface area contributed by atoms with Crippen LogP contribution < -0.4 is 11.1 Å². The number of carbonyl (C=O) groups is 2. The zero-order valence-corrected chi connectivity index (χ0v) is 12.0. The summed E-state index contributed by atoms with van der Waals surface area (Å²) in [6.07, 6.45) is 1.24. The van der Waals surface area contributed by atoms with Gasteiger partial charge in [0.15, 0.2) is 0 Å². The summed E-state index contributed by atoms with van der Waals surface area (Å²) in [5.74, 6) is -0.112. The van der Waals surface area contributed by atoms with Crippen molar-refractivity contribution in [3.05, 3.63) is 0 Å². The lowest BCUT2D eigenvalue weighted by Gasteiger charge is -2.23. The molecule has 2 amide bonds. The first kappa shape index (κ1) is 16.9. The van der Waals surface area contributed by atoms with Gasteiger partial charge in [-0.15, -0.1) is 0 Å². The molecule has 5 nitrogen and oxygen atoms in total. The highest BCUT2D eigenvalue weighted by Gasteiger charge is 2.16. The highest BCUT2D eigenvalue weighted by Crippen LogP contribution is 2.03. The molecule has 0 radical (unpaired) electrons. The van der Waals surface area contributed by atoms with Crippen molar-refractivity contribution in [2.45, 2.75) is 46.6 Å². The van der Waals surface area contributed by atoms with Crippen molar-refractivity contribution >= 4 is 11.8 Å². The van der Waals surface area contributed by atoms with Crippen LogP contribution in [0.1, 0.15) is 40.5 Å². The van der Waals surface area contributed by atoms with E-state index in [1.807, 2.05) is 13.8 Å². The number of hydrogen-bond acceptors (Lipinski definition) is 3. The van der Waals surface area contributed by atoms with Crippen LogP contribution in [0.5, 0.6) is 0 Å². The Hall–Kier alpha value is -1.10. The van der Waals surface area contributed by atoms with E-state index in [0.29, 0.717) is 24.9 Å². The predicted octanol–water partition coefficient (Wildman–Crippen LogP) is 0.735. The van der Waals surface area contributed by atoms with E-state index < -0.39 is 5.91 Å². The number of amides is 2. The summed E-state index contributed by atoms with van der Waals surface area (Å²) in [6.45, 7) is 9.59. The van der Waals surface area contributed by atoms with E-state index >= 15 is 0 Å². The molecule has 0 saturated heterocycles. The summed E-state index contributed by atoms with van der Waals surface area (Å²) in [4.78, 5) is 24.4. The van der Waals surface area contributed by atoms with Crippen molar-refractivity contribution in [1.82, 2.24) is 10.2 Å². The second kappa shape index (κ2) is 8.91. The molecule has 0 rings (SSSR count). The van der Waals surface area contributed by atoms with Crippen LogP contribution in [0.4, 0.5) is 0 Å². The lowest BCUT2D eigenvalue weighted by atomic mass is 10.2. The average molecular weight is 257 g/mol. The van der Waals surface area contributed by atoms with Crippen LogP contribution in [0, 0.1) is 5.92 Å². The largest absolute Gasteiger partial charge is 0.368 e. The van der Waals surface area contributed by atoms with E-state index in [4.69, 9.17) is 5.73 Å². The zero-order chi connectivity index (χ0) is 14.1. The number of carbonyl (C=O) groups excluding carboxylic acids is 2. The first-order valence-corrected chi connectivity index (χ1v) is 6.62. The van der Waals surface area contributed by atoms with Crippen LogP contribution in [-0.4, -0.2) is 42.4 Å². The third-order valence-electron chi connectivity index (χ3n) is 2.40. The molecule has 0 aliphatic rings. The van der Waals surface area contributed by atoms with Crippen LogP contribution in [0.3, 0.4) is 0 Å². The molecule has 0 heterocycles. The fourth-order valence-corrected chi connectivity index (χ4v) is 1.67. The summed E-state index contributed by atoms with van der Waals surface area (Å²) in [5, 5.41) is 3.26. The molecular formula is C13H27N3O2. The quantitative estimate of drug-likeness (QED) is 0.598. The van der Waals surface area contributed by atoms with Crippen molar-refractivity contribution in [1.29, 1.82) is 0 Å². The van der Waals surface area contributed by atoms with Crippen molar-refractivity contribution < 1.29 is 9.59 Å². The normalized spacial score (nSPS) is 11.0. The first-order chi connectivity index (χ1) is 8.32. The van der Waals surface area contributed by atoms with Gasteiger partial charge < -0.3 is 16.0 Å². The molecule has 0 fully saturated rings. The van der Waals surface area contributed by atoms with Gasteiger partial charge in [0.2, 0.25) is 11.8 Å². The fraction of sp³-hybridized carbons (Fsp3) is 0.846. The monoisotopic (exact) mass is 257 g/mol. The summed E-state index contributed by atoms with van der Waals surface area (Å²) in [6, 6.07) is 0.428. The minimum absolute atomic E-state index is 0.00746. The summed E-state index contributed by atoms with van der Waals surface area (Å²) >= 11 is 0. The summed E-state index contributed by atoms with van der Waals surface area (Å²) in [5.41, 5.74) is 5.16. The topological polar surface area (TPSA) is 75.4 Å². The van der Waals surface area contributed by atoms with Gasteiger partial charge in [0.1, 0.15) is 0 Å². The lowest BCUT2D eigenvalue weighted by molar-refractivity contribution is -0.135. The predicted molar refractivity (Wildman–Crippen MR) is 73.0 cm³/mol. The standard InChI is InChI=1S/C13H27N3O2/c1-10(2)8-16(9-12(14)17)13(18)6-5-7-15-11(3)4/h10-11,15H,5-9H2,1-4H3,(H2,14,17). The van der Waals surface area contributed by atoms with Crippen molar-refractivity contribution in [2.75, 3.05) is 19.6 Å². The van der Waals surface area contributed by atoms with Crippen LogP contribution in [0.15, 0.2) is 0 Å². The van der Waals surface area contributed by atoms with Gasteiger partial charge in [-0.2, -0.15) is 0 Å². The van der Waals surface area contributed by atoms with Crippen molar-refractivity contribution in [2.24, 2.45) is 11.7 Å².